The molecule has 6 heteroatoms. The van der Waals surface area contributed by atoms with Crippen molar-refractivity contribution in [1.29, 1.82) is 0 Å². The van der Waals surface area contributed by atoms with Gasteiger partial charge in [0, 0.05) is 23.1 Å². The fourth-order valence-electron chi connectivity index (χ4n) is 3.74. The van der Waals surface area contributed by atoms with Gasteiger partial charge in [0.15, 0.2) is 0 Å². The van der Waals surface area contributed by atoms with Crippen molar-refractivity contribution in [2.24, 2.45) is 0 Å². The molecule has 2 aromatic carbocycles. The number of nitrogens with zero attached hydrogens (tertiary/aromatic N) is 3. The summed E-state index contributed by atoms with van der Waals surface area (Å²) in [5.74, 6) is 0.235. The minimum atomic E-state index is -0.303. The third-order valence-electron chi connectivity index (χ3n) is 5.60. The van der Waals surface area contributed by atoms with E-state index >= 15 is 0 Å². The van der Waals surface area contributed by atoms with E-state index in [-0.39, 0.29) is 35.4 Å². The number of hydrogen-bond acceptors (Lipinski definition) is 3. The number of carbonyl (C=O) groups excluding carboxylic acids is 2. The van der Waals surface area contributed by atoms with Crippen molar-refractivity contribution in [3.8, 4) is 0 Å². The Labute approximate surface area is 197 Å². The average molecular weight is 449 g/mol. The van der Waals surface area contributed by atoms with E-state index in [0.29, 0.717) is 11.4 Å². The summed E-state index contributed by atoms with van der Waals surface area (Å²) in [5.41, 5.74) is 1.05. The third kappa shape index (κ3) is 5.44. The summed E-state index contributed by atoms with van der Waals surface area (Å²) in [5, 5.41) is 9.65. The van der Waals surface area contributed by atoms with Gasteiger partial charge < -0.3 is 10.2 Å². The van der Waals surface area contributed by atoms with E-state index in [9.17, 15) is 9.59 Å². The van der Waals surface area contributed by atoms with E-state index < -0.39 is 0 Å². The minimum absolute atomic E-state index is 0.0418. The molecule has 0 aliphatic heterocycles. The smallest absolute Gasteiger partial charge is 0.255 e. The van der Waals surface area contributed by atoms with Crippen LogP contribution < -0.4 is 5.32 Å². The Kier molecular flexibility index (Phi) is 6.68. The Morgan fingerprint density at radius 3 is 2.24 bits per heavy atom. The second kappa shape index (κ2) is 9.00. The Hall–Kier alpha value is -3.15. The highest BCUT2D eigenvalue weighted by molar-refractivity contribution is 6.08. The van der Waals surface area contributed by atoms with Crippen LogP contribution in [0.5, 0.6) is 0 Å². The lowest BCUT2D eigenvalue weighted by Crippen LogP contribution is -2.42. The van der Waals surface area contributed by atoms with Crippen LogP contribution in [-0.4, -0.2) is 39.1 Å². The predicted molar refractivity (Wildman–Crippen MR) is 135 cm³/mol. The van der Waals surface area contributed by atoms with Crippen molar-refractivity contribution >= 4 is 28.4 Å². The zero-order chi connectivity index (χ0) is 24.6. The van der Waals surface area contributed by atoms with Crippen LogP contribution in [-0.2, 0) is 15.7 Å². The molecule has 0 spiro atoms. The van der Waals surface area contributed by atoms with Crippen LogP contribution in [0.3, 0.4) is 0 Å². The first kappa shape index (κ1) is 24.5. The topological polar surface area (TPSA) is 67.2 Å². The molecule has 1 heterocycles. The predicted octanol–water partition coefficient (Wildman–Crippen LogP) is 5.58. The highest BCUT2D eigenvalue weighted by Crippen LogP contribution is 2.28. The van der Waals surface area contributed by atoms with Crippen LogP contribution in [0.4, 0.5) is 5.82 Å². The standard InChI is InChI=1S/C27H36N4O2/c1-18(2)30(25(33)21-15-11-13-19-12-9-10-14-20(19)21)17-24(32)28-23-16-22(26(3,4)5)29-31(23)27(6,7)8/h9-16,18H,17H2,1-8H3,(H,28,32). The van der Waals surface area contributed by atoms with Crippen LogP contribution in [0.2, 0.25) is 0 Å². The summed E-state index contributed by atoms with van der Waals surface area (Å²) >= 11 is 0. The number of rotatable bonds is 5. The molecule has 3 aromatic rings. The van der Waals surface area contributed by atoms with E-state index in [4.69, 9.17) is 5.10 Å². The van der Waals surface area contributed by atoms with Gasteiger partial charge in [-0.15, -0.1) is 0 Å². The fourth-order valence-corrected chi connectivity index (χ4v) is 3.74. The van der Waals surface area contributed by atoms with Crippen molar-refractivity contribution < 1.29 is 9.59 Å². The van der Waals surface area contributed by atoms with Gasteiger partial charge in [-0.25, -0.2) is 4.68 Å². The van der Waals surface area contributed by atoms with Gasteiger partial charge in [-0.1, -0.05) is 57.2 Å². The van der Waals surface area contributed by atoms with E-state index in [1.165, 1.54) is 0 Å². The highest BCUT2D eigenvalue weighted by atomic mass is 16.2. The number of fused-ring (bicyclic) bond motifs is 1. The van der Waals surface area contributed by atoms with Crippen molar-refractivity contribution in [2.45, 2.75) is 72.4 Å². The average Bonchev–Trinajstić information content (AvgIpc) is 3.15. The summed E-state index contributed by atoms with van der Waals surface area (Å²) in [7, 11) is 0. The zero-order valence-corrected chi connectivity index (χ0v) is 21.1. The maximum absolute atomic E-state index is 13.5. The van der Waals surface area contributed by atoms with E-state index in [1.54, 1.807) is 4.90 Å². The molecule has 33 heavy (non-hydrogen) atoms. The lowest BCUT2D eigenvalue weighted by molar-refractivity contribution is -0.117. The number of hydrogen-bond donors (Lipinski definition) is 1. The number of carbonyl (C=O) groups is 2. The zero-order valence-electron chi connectivity index (χ0n) is 21.1. The molecular weight excluding hydrogens is 412 g/mol. The molecule has 6 nitrogen and oxygen atoms in total. The molecule has 0 fully saturated rings. The molecule has 0 atom stereocenters. The molecule has 1 aromatic heterocycles. The van der Waals surface area contributed by atoms with Crippen molar-refractivity contribution in [1.82, 2.24) is 14.7 Å². The summed E-state index contributed by atoms with van der Waals surface area (Å²) < 4.78 is 1.84. The molecule has 0 unspecified atom stereocenters. The summed E-state index contributed by atoms with van der Waals surface area (Å²) in [6.07, 6.45) is 0. The molecule has 0 radical (unpaired) electrons. The van der Waals surface area contributed by atoms with E-state index in [2.05, 4.69) is 26.1 Å². The molecular formula is C27H36N4O2. The van der Waals surface area contributed by atoms with Crippen molar-refractivity contribution in [3.05, 3.63) is 59.8 Å². The van der Waals surface area contributed by atoms with E-state index in [1.807, 2.05) is 87.8 Å². The fraction of sp³-hybridized carbons (Fsp3) is 0.444. The van der Waals surface area contributed by atoms with Gasteiger partial charge in [0.25, 0.3) is 5.91 Å². The molecule has 0 saturated heterocycles. The van der Waals surface area contributed by atoms with Gasteiger partial charge in [-0.3, -0.25) is 9.59 Å². The van der Waals surface area contributed by atoms with E-state index in [0.717, 1.165) is 16.5 Å². The minimum Gasteiger partial charge on any atom is -0.327 e. The van der Waals surface area contributed by atoms with Crippen molar-refractivity contribution in [3.63, 3.8) is 0 Å². The van der Waals surface area contributed by atoms with Gasteiger partial charge >= 0.3 is 0 Å². The maximum Gasteiger partial charge on any atom is 0.255 e. The van der Waals surface area contributed by atoms with Crippen molar-refractivity contribution in [2.75, 3.05) is 11.9 Å². The molecule has 3 rings (SSSR count). The number of anilines is 1. The first-order chi connectivity index (χ1) is 15.3. The molecule has 1 N–H and O–H groups in total. The van der Waals surface area contributed by atoms with Gasteiger partial charge in [-0.2, -0.15) is 5.10 Å². The number of benzene rings is 2. The van der Waals surface area contributed by atoms with Gasteiger partial charge in [0.2, 0.25) is 5.91 Å². The molecule has 0 aliphatic rings. The molecule has 0 bridgehead atoms. The Morgan fingerprint density at radius 1 is 1.00 bits per heavy atom. The van der Waals surface area contributed by atoms with Gasteiger partial charge in [-0.05, 0) is 51.5 Å². The second-order valence-corrected chi connectivity index (χ2v) is 10.8. The monoisotopic (exact) mass is 448 g/mol. The normalized spacial score (nSPS) is 12.3. The lowest BCUT2D eigenvalue weighted by atomic mass is 9.92. The number of aromatic nitrogens is 2. The van der Waals surface area contributed by atoms with Crippen LogP contribution in [0, 0.1) is 0 Å². The first-order valence-corrected chi connectivity index (χ1v) is 11.5. The highest BCUT2D eigenvalue weighted by Gasteiger charge is 2.27. The van der Waals surface area contributed by atoms with Gasteiger partial charge in [0.1, 0.15) is 12.4 Å². The Morgan fingerprint density at radius 2 is 1.64 bits per heavy atom. The molecule has 176 valence electrons. The summed E-state index contributed by atoms with van der Waals surface area (Å²) in [6, 6.07) is 15.3. The summed E-state index contributed by atoms with van der Waals surface area (Å²) in [4.78, 5) is 28.2. The molecule has 2 amide bonds. The number of nitrogens with one attached hydrogen (secondary N) is 1. The molecule has 0 saturated carbocycles. The third-order valence-corrected chi connectivity index (χ3v) is 5.60. The number of amides is 2. The largest absolute Gasteiger partial charge is 0.327 e. The van der Waals surface area contributed by atoms with Crippen LogP contribution in [0.1, 0.15) is 71.4 Å². The van der Waals surface area contributed by atoms with Crippen LogP contribution >= 0.6 is 0 Å². The molecule has 0 aliphatic carbocycles. The quantitative estimate of drug-likeness (QED) is 0.554. The van der Waals surface area contributed by atoms with Gasteiger partial charge in [0.05, 0.1) is 11.2 Å². The summed E-state index contributed by atoms with van der Waals surface area (Å²) in [6.45, 7) is 16.2. The maximum atomic E-state index is 13.5. The second-order valence-electron chi connectivity index (χ2n) is 10.8. The Balaban J connectivity index is 1.87. The Bertz CT molecular complexity index is 1160. The van der Waals surface area contributed by atoms with Crippen LogP contribution in [0.25, 0.3) is 10.8 Å². The lowest BCUT2D eigenvalue weighted by Gasteiger charge is -2.27. The van der Waals surface area contributed by atoms with Crippen LogP contribution in [0.15, 0.2) is 48.5 Å². The SMILES string of the molecule is CC(C)N(CC(=O)Nc1cc(C(C)(C)C)nn1C(C)(C)C)C(=O)c1cccc2ccccc12. The first-order valence-electron chi connectivity index (χ1n) is 11.5.